The van der Waals surface area contributed by atoms with Gasteiger partial charge in [-0.25, -0.2) is 4.79 Å². The maximum atomic E-state index is 12.0. The predicted octanol–water partition coefficient (Wildman–Crippen LogP) is -8.19. The zero-order valence-corrected chi connectivity index (χ0v) is 18.4. The fourth-order valence-electron chi connectivity index (χ4n) is 2.03. The van der Waals surface area contributed by atoms with Crippen LogP contribution in [0.4, 0.5) is 0 Å². The quantitative estimate of drug-likeness (QED) is 0.0928. The van der Waals surface area contributed by atoms with Crippen molar-refractivity contribution in [1.29, 1.82) is 0 Å². The molecule has 0 aliphatic heterocycles. The Hall–Kier alpha value is -3.87. The molecular formula is C17H29N7O11. The van der Waals surface area contributed by atoms with Crippen LogP contribution in [0.5, 0.6) is 0 Å². The number of carboxylic acid groups (broad SMARTS) is 1. The summed E-state index contributed by atoms with van der Waals surface area (Å²) in [5.74, 6) is -6.67. The van der Waals surface area contributed by atoms with E-state index in [9.17, 15) is 38.7 Å². The van der Waals surface area contributed by atoms with Crippen LogP contribution < -0.4 is 37.6 Å². The van der Waals surface area contributed by atoms with Gasteiger partial charge in [0.1, 0.15) is 18.1 Å². The Kier molecular flexibility index (Phi) is 14.9. The summed E-state index contributed by atoms with van der Waals surface area (Å²) in [5.41, 5.74) is 5.24. The Morgan fingerprint density at radius 1 is 0.571 bits per heavy atom. The molecule has 18 nitrogen and oxygen atoms in total. The van der Waals surface area contributed by atoms with Crippen LogP contribution in [0, 0.1) is 0 Å². The molecule has 0 spiro atoms. The number of carbonyl (C=O) groups excluding carboxylic acids is 6. The summed E-state index contributed by atoms with van der Waals surface area (Å²) < 4.78 is 0. The average molecular weight is 507 g/mol. The minimum atomic E-state index is -1.55. The van der Waals surface area contributed by atoms with E-state index in [1.807, 2.05) is 5.32 Å². The Morgan fingerprint density at radius 3 is 1.37 bits per heavy atom. The third-order valence-electron chi connectivity index (χ3n) is 3.92. The van der Waals surface area contributed by atoms with E-state index in [1.54, 1.807) is 0 Å². The molecule has 3 atom stereocenters. The molecule has 0 aliphatic carbocycles. The Balaban J connectivity index is 4.34. The number of nitrogens with one attached hydrogen (secondary N) is 6. The third-order valence-corrected chi connectivity index (χ3v) is 3.92. The molecule has 198 valence electrons. The van der Waals surface area contributed by atoms with Gasteiger partial charge >= 0.3 is 5.97 Å². The molecule has 0 fully saturated rings. The van der Waals surface area contributed by atoms with Crippen molar-refractivity contribution in [2.75, 3.05) is 46.0 Å². The normalized spacial score (nSPS) is 12.8. The fraction of sp³-hybridized carbons (Fsp3) is 0.588. The maximum absolute atomic E-state index is 12.0. The van der Waals surface area contributed by atoms with E-state index in [0.29, 0.717) is 0 Å². The molecule has 0 aromatic rings. The van der Waals surface area contributed by atoms with Crippen molar-refractivity contribution in [3.63, 3.8) is 0 Å². The van der Waals surface area contributed by atoms with E-state index in [-0.39, 0.29) is 0 Å². The van der Waals surface area contributed by atoms with Gasteiger partial charge in [-0.2, -0.15) is 0 Å². The Bertz CT molecular complexity index is 792. The first-order chi connectivity index (χ1) is 16.4. The molecule has 3 unspecified atom stereocenters. The van der Waals surface area contributed by atoms with Gasteiger partial charge in [0.05, 0.1) is 46.0 Å². The van der Waals surface area contributed by atoms with Crippen molar-refractivity contribution in [2.24, 2.45) is 5.73 Å². The third kappa shape index (κ3) is 13.4. The summed E-state index contributed by atoms with van der Waals surface area (Å²) in [4.78, 5) is 80.7. The molecule has 35 heavy (non-hydrogen) atoms. The molecule has 0 aliphatic rings. The molecule has 0 saturated heterocycles. The zero-order valence-electron chi connectivity index (χ0n) is 18.4. The Morgan fingerprint density at radius 2 is 0.971 bits per heavy atom. The SMILES string of the molecule is NC(CO)C(=O)NCC(=O)NCC(=O)NC(CO)C(=O)NCC(=O)NCC(=O)NC(CO)C(=O)O. The lowest BCUT2D eigenvalue weighted by atomic mass is 10.2. The number of amides is 6. The number of carboxylic acids is 1. The molecule has 6 amide bonds. The van der Waals surface area contributed by atoms with Crippen molar-refractivity contribution in [3.05, 3.63) is 0 Å². The molecular weight excluding hydrogens is 478 g/mol. The van der Waals surface area contributed by atoms with Crippen LogP contribution in [0.2, 0.25) is 0 Å². The highest BCUT2D eigenvalue weighted by molar-refractivity contribution is 5.93. The Labute approximate surface area is 198 Å². The minimum Gasteiger partial charge on any atom is -0.480 e. The number of rotatable bonds is 16. The van der Waals surface area contributed by atoms with Crippen LogP contribution in [0.1, 0.15) is 0 Å². The molecule has 0 radical (unpaired) electrons. The summed E-state index contributed by atoms with van der Waals surface area (Å²) in [5, 5.41) is 47.9. The number of hydrogen-bond donors (Lipinski definition) is 11. The molecule has 0 aromatic heterocycles. The van der Waals surface area contributed by atoms with Crippen LogP contribution in [0.15, 0.2) is 0 Å². The van der Waals surface area contributed by atoms with Crippen molar-refractivity contribution < 1.29 is 54.0 Å². The zero-order chi connectivity index (χ0) is 27.0. The second-order valence-electron chi connectivity index (χ2n) is 6.72. The van der Waals surface area contributed by atoms with Crippen molar-refractivity contribution in [2.45, 2.75) is 18.1 Å². The summed E-state index contributed by atoms with van der Waals surface area (Å²) >= 11 is 0. The van der Waals surface area contributed by atoms with Gasteiger partial charge in [-0.1, -0.05) is 0 Å². The minimum absolute atomic E-state index is 0.534. The summed E-state index contributed by atoms with van der Waals surface area (Å²) in [6.07, 6.45) is 0. The van der Waals surface area contributed by atoms with Gasteiger partial charge < -0.3 is 58.1 Å². The molecule has 0 bridgehead atoms. The van der Waals surface area contributed by atoms with E-state index in [2.05, 4.69) is 26.6 Å². The van der Waals surface area contributed by atoms with Crippen LogP contribution >= 0.6 is 0 Å². The fourth-order valence-corrected chi connectivity index (χ4v) is 2.03. The molecule has 12 N–H and O–H groups in total. The maximum Gasteiger partial charge on any atom is 0.328 e. The monoisotopic (exact) mass is 507 g/mol. The van der Waals surface area contributed by atoms with E-state index < -0.39 is 106 Å². The van der Waals surface area contributed by atoms with E-state index in [0.717, 1.165) is 0 Å². The van der Waals surface area contributed by atoms with Gasteiger partial charge in [-0.15, -0.1) is 0 Å². The number of carbonyl (C=O) groups is 7. The largest absolute Gasteiger partial charge is 0.480 e. The lowest BCUT2D eigenvalue weighted by Crippen LogP contribution is -2.53. The number of aliphatic carboxylic acids is 1. The molecule has 18 heteroatoms. The second-order valence-corrected chi connectivity index (χ2v) is 6.72. The van der Waals surface area contributed by atoms with Gasteiger partial charge in [0, 0.05) is 0 Å². The summed E-state index contributed by atoms with van der Waals surface area (Å²) in [6, 6.07) is -4.26. The van der Waals surface area contributed by atoms with Crippen molar-refractivity contribution in [1.82, 2.24) is 31.9 Å². The number of aliphatic hydroxyl groups is 3. The van der Waals surface area contributed by atoms with Crippen LogP contribution in [-0.4, -0.2) is 126 Å². The summed E-state index contributed by atoms with van der Waals surface area (Å²) in [6.45, 7) is -4.81. The average Bonchev–Trinajstić information content (AvgIpc) is 2.83. The van der Waals surface area contributed by atoms with Crippen LogP contribution in [0.3, 0.4) is 0 Å². The van der Waals surface area contributed by atoms with Gasteiger partial charge in [0.2, 0.25) is 35.4 Å². The smallest absolute Gasteiger partial charge is 0.328 e. The molecule has 0 rings (SSSR count). The lowest BCUT2D eigenvalue weighted by molar-refractivity contribution is -0.142. The second kappa shape index (κ2) is 16.7. The van der Waals surface area contributed by atoms with E-state index in [4.69, 9.17) is 21.1 Å². The lowest BCUT2D eigenvalue weighted by Gasteiger charge is -2.16. The number of hydrogen-bond acceptors (Lipinski definition) is 11. The van der Waals surface area contributed by atoms with Crippen LogP contribution in [0.25, 0.3) is 0 Å². The molecule has 0 aromatic carbocycles. The van der Waals surface area contributed by atoms with E-state index in [1.165, 1.54) is 0 Å². The van der Waals surface area contributed by atoms with Gasteiger partial charge in [-0.05, 0) is 0 Å². The van der Waals surface area contributed by atoms with Crippen LogP contribution in [-0.2, 0) is 33.6 Å². The van der Waals surface area contributed by atoms with E-state index >= 15 is 0 Å². The van der Waals surface area contributed by atoms with Crippen molar-refractivity contribution >= 4 is 41.4 Å². The van der Waals surface area contributed by atoms with Gasteiger partial charge in [-0.3, -0.25) is 28.8 Å². The number of nitrogens with two attached hydrogens (primary N) is 1. The topological polar surface area (TPSA) is 299 Å². The first-order valence-electron chi connectivity index (χ1n) is 9.93. The molecule has 0 saturated carbocycles. The highest BCUT2D eigenvalue weighted by Gasteiger charge is 2.22. The predicted molar refractivity (Wildman–Crippen MR) is 113 cm³/mol. The highest BCUT2D eigenvalue weighted by Crippen LogP contribution is 1.85. The highest BCUT2D eigenvalue weighted by atomic mass is 16.4. The molecule has 0 heterocycles. The first-order valence-corrected chi connectivity index (χ1v) is 9.93. The van der Waals surface area contributed by atoms with Gasteiger partial charge in [0.25, 0.3) is 0 Å². The van der Waals surface area contributed by atoms with Gasteiger partial charge in [0.15, 0.2) is 0 Å². The summed E-state index contributed by atoms with van der Waals surface area (Å²) in [7, 11) is 0. The number of aliphatic hydroxyl groups excluding tert-OH is 3. The van der Waals surface area contributed by atoms with Crippen molar-refractivity contribution in [3.8, 4) is 0 Å². The standard InChI is InChI=1S/C17H29N7O11/c18-8(5-25)15(32)21-1-11(28)19-3-13(30)23-9(6-26)16(33)22-2-12(29)20-4-14(31)24-10(7-27)17(34)35/h8-10,25-27H,1-7,18H2,(H,19,28)(H,20,29)(H,21,32)(H,22,33)(H,23,30)(H,24,31)(H,34,35). The first kappa shape index (κ1) is 31.1.